The predicted octanol–water partition coefficient (Wildman–Crippen LogP) is 5.11. The fraction of sp³-hybridized carbons (Fsp3) is 0.200. The second kappa shape index (κ2) is 8.23. The number of nitrogens with zero attached hydrogens (tertiary/aromatic N) is 5. The van der Waals surface area contributed by atoms with Crippen molar-refractivity contribution in [3.8, 4) is 10.4 Å². The molecule has 0 aliphatic heterocycles. The van der Waals surface area contributed by atoms with Gasteiger partial charge in [-0.25, -0.2) is 15.0 Å². The van der Waals surface area contributed by atoms with Crippen molar-refractivity contribution in [2.24, 2.45) is 0 Å². The zero-order chi connectivity index (χ0) is 21.1. The SMILES string of the molecule is Cc1cc(Nc2nccc(C(F)(F)F)n2)cc(-c2cnc(CCn3cccn3)s2)c1. The second-order valence-electron chi connectivity index (χ2n) is 6.61. The maximum atomic E-state index is 12.9. The molecule has 10 heteroatoms. The minimum absolute atomic E-state index is 0.106. The highest BCUT2D eigenvalue weighted by atomic mass is 32.1. The normalized spacial score (nSPS) is 11.6. The van der Waals surface area contributed by atoms with Gasteiger partial charge in [0.15, 0.2) is 0 Å². The van der Waals surface area contributed by atoms with Crippen molar-refractivity contribution in [2.75, 3.05) is 5.32 Å². The minimum Gasteiger partial charge on any atom is -0.324 e. The summed E-state index contributed by atoms with van der Waals surface area (Å²) in [4.78, 5) is 12.9. The molecule has 0 saturated heterocycles. The van der Waals surface area contributed by atoms with Crippen molar-refractivity contribution < 1.29 is 13.2 Å². The summed E-state index contributed by atoms with van der Waals surface area (Å²) in [7, 11) is 0. The first-order valence-electron chi connectivity index (χ1n) is 9.08. The van der Waals surface area contributed by atoms with Crippen LogP contribution in [0.5, 0.6) is 0 Å². The average Bonchev–Trinajstić information content (AvgIpc) is 3.37. The van der Waals surface area contributed by atoms with Crippen LogP contribution in [0.4, 0.5) is 24.8 Å². The van der Waals surface area contributed by atoms with Crippen LogP contribution in [0.25, 0.3) is 10.4 Å². The van der Waals surface area contributed by atoms with Gasteiger partial charge in [0.2, 0.25) is 5.95 Å². The summed E-state index contributed by atoms with van der Waals surface area (Å²) >= 11 is 1.58. The highest BCUT2D eigenvalue weighted by molar-refractivity contribution is 7.15. The zero-order valence-corrected chi connectivity index (χ0v) is 16.7. The number of hydrogen-bond donors (Lipinski definition) is 1. The van der Waals surface area contributed by atoms with Crippen LogP contribution in [0.2, 0.25) is 0 Å². The Balaban J connectivity index is 1.52. The van der Waals surface area contributed by atoms with Gasteiger partial charge in [-0.1, -0.05) is 6.07 Å². The van der Waals surface area contributed by atoms with Crippen molar-refractivity contribution >= 4 is 23.0 Å². The number of aryl methyl sites for hydroxylation is 3. The summed E-state index contributed by atoms with van der Waals surface area (Å²) < 4.78 is 40.5. The molecule has 0 bridgehead atoms. The van der Waals surface area contributed by atoms with Gasteiger partial charge in [0.1, 0.15) is 5.69 Å². The third kappa shape index (κ3) is 4.82. The molecule has 154 valence electrons. The Morgan fingerprint density at radius 3 is 2.77 bits per heavy atom. The average molecular weight is 430 g/mol. The molecule has 0 unspecified atom stereocenters. The van der Waals surface area contributed by atoms with E-state index in [1.54, 1.807) is 17.5 Å². The molecule has 6 nitrogen and oxygen atoms in total. The third-order valence-corrected chi connectivity index (χ3v) is 5.34. The third-order valence-electron chi connectivity index (χ3n) is 4.23. The Labute approximate surface area is 174 Å². The fourth-order valence-corrected chi connectivity index (χ4v) is 3.80. The van der Waals surface area contributed by atoms with Gasteiger partial charge in [0.05, 0.1) is 9.88 Å². The Hall–Kier alpha value is -3.27. The number of alkyl halides is 3. The van der Waals surface area contributed by atoms with E-state index in [2.05, 4.69) is 25.4 Å². The van der Waals surface area contributed by atoms with E-state index in [4.69, 9.17) is 0 Å². The molecule has 4 rings (SSSR count). The molecule has 3 aromatic heterocycles. The van der Waals surface area contributed by atoms with Gasteiger partial charge in [-0.15, -0.1) is 11.3 Å². The number of rotatable bonds is 6. The molecule has 0 amide bonds. The van der Waals surface area contributed by atoms with E-state index < -0.39 is 11.9 Å². The predicted molar refractivity (Wildman–Crippen MR) is 109 cm³/mol. The molecule has 0 aliphatic rings. The topological polar surface area (TPSA) is 68.5 Å². The molecule has 3 heterocycles. The van der Waals surface area contributed by atoms with Gasteiger partial charge in [0, 0.05) is 43.4 Å². The molecular formula is C20H17F3N6S. The van der Waals surface area contributed by atoms with E-state index in [9.17, 15) is 13.2 Å². The number of halogens is 3. The lowest BCUT2D eigenvalue weighted by molar-refractivity contribution is -0.141. The largest absolute Gasteiger partial charge is 0.433 e. The van der Waals surface area contributed by atoms with Crippen LogP contribution in [-0.4, -0.2) is 24.7 Å². The number of aromatic nitrogens is 5. The fourth-order valence-electron chi connectivity index (χ4n) is 2.91. The molecule has 0 aliphatic carbocycles. The smallest absolute Gasteiger partial charge is 0.324 e. The van der Waals surface area contributed by atoms with E-state index in [1.165, 1.54) is 0 Å². The van der Waals surface area contributed by atoms with Gasteiger partial charge >= 0.3 is 6.18 Å². The Morgan fingerprint density at radius 1 is 1.13 bits per heavy atom. The summed E-state index contributed by atoms with van der Waals surface area (Å²) in [6, 6.07) is 8.40. The molecule has 0 fully saturated rings. The van der Waals surface area contributed by atoms with Crippen LogP contribution >= 0.6 is 11.3 Å². The second-order valence-corrected chi connectivity index (χ2v) is 7.73. The lowest BCUT2D eigenvalue weighted by Crippen LogP contribution is -2.10. The quantitative estimate of drug-likeness (QED) is 0.460. The zero-order valence-electron chi connectivity index (χ0n) is 15.9. The number of nitrogens with one attached hydrogen (secondary N) is 1. The van der Waals surface area contributed by atoms with Crippen molar-refractivity contribution in [3.05, 3.63) is 71.4 Å². The molecule has 0 spiro atoms. The van der Waals surface area contributed by atoms with Crippen LogP contribution in [-0.2, 0) is 19.1 Å². The molecule has 0 atom stereocenters. The Kier molecular flexibility index (Phi) is 5.49. The Morgan fingerprint density at radius 2 is 2.00 bits per heavy atom. The number of benzene rings is 1. The van der Waals surface area contributed by atoms with Crippen LogP contribution < -0.4 is 5.32 Å². The van der Waals surface area contributed by atoms with E-state index >= 15 is 0 Å². The van der Waals surface area contributed by atoms with Gasteiger partial charge in [-0.3, -0.25) is 4.68 Å². The first kappa shape index (κ1) is 20.0. The molecule has 0 radical (unpaired) electrons. The van der Waals surface area contributed by atoms with Gasteiger partial charge < -0.3 is 5.32 Å². The molecule has 30 heavy (non-hydrogen) atoms. The van der Waals surface area contributed by atoms with Crippen LogP contribution in [0.15, 0.2) is 55.1 Å². The summed E-state index contributed by atoms with van der Waals surface area (Å²) in [5, 5.41) is 8.04. The maximum Gasteiger partial charge on any atom is 0.433 e. The highest BCUT2D eigenvalue weighted by Gasteiger charge is 2.32. The standard InChI is InChI=1S/C20H17F3N6S/c1-13-9-14(16-12-25-18(30-16)4-8-29-7-2-5-26-29)11-15(10-13)27-19-24-6-3-17(28-19)20(21,22)23/h2-3,5-7,9-12H,4,8H2,1H3,(H,24,27,28). The minimum atomic E-state index is -4.52. The summed E-state index contributed by atoms with van der Waals surface area (Å²) in [6.45, 7) is 2.66. The summed E-state index contributed by atoms with van der Waals surface area (Å²) in [6.07, 6.45) is 2.78. The van der Waals surface area contributed by atoms with Crippen molar-refractivity contribution in [2.45, 2.75) is 26.1 Å². The maximum absolute atomic E-state index is 12.9. The number of hydrogen-bond acceptors (Lipinski definition) is 6. The number of anilines is 2. The monoisotopic (exact) mass is 430 g/mol. The molecule has 1 aromatic carbocycles. The van der Waals surface area contributed by atoms with Crippen molar-refractivity contribution in [3.63, 3.8) is 0 Å². The van der Waals surface area contributed by atoms with Crippen molar-refractivity contribution in [1.29, 1.82) is 0 Å². The highest BCUT2D eigenvalue weighted by Crippen LogP contribution is 2.31. The molecule has 4 aromatic rings. The molecular weight excluding hydrogens is 413 g/mol. The summed E-state index contributed by atoms with van der Waals surface area (Å²) in [5.41, 5.74) is 1.49. The van der Waals surface area contributed by atoms with E-state index in [-0.39, 0.29) is 5.95 Å². The Bertz CT molecular complexity index is 1140. The molecule has 0 saturated carbocycles. The van der Waals surface area contributed by atoms with Gasteiger partial charge in [-0.05, 0) is 42.3 Å². The first-order valence-corrected chi connectivity index (χ1v) is 9.90. The van der Waals surface area contributed by atoms with E-state index in [1.807, 2.05) is 48.3 Å². The number of thiazole rings is 1. The van der Waals surface area contributed by atoms with Crippen LogP contribution in [0.1, 0.15) is 16.3 Å². The summed E-state index contributed by atoms with van der Waals surface area (Å²) in [5.74, 6) is -0.106. The van der Waals surface area contributed by atoms with E-state index in [0.29, 0.717) is 5.69 Å². The van der Waals surface area contributed by atoms with Gasteiger partial charge in [0.25, 0.3) is 0 Å². The van der Waals surface area contributed by atoms with Crippen molar-refractivity contribution in [1.82, 2.24) is 24.7 Å². The van der Waals surface area contributed by atoms with Gasteiger partial charge in [-0.2, -0.15) is 18.3 Å². The van der Waals surface area contributed by atoms with Crippen LogP contribution in [0.3, 0.4) is 0 Å². The lowest BCUT2D eigenvalue weighted by atomic mass is 10.1. The first-order chi connectivity index (χ1) is 14.4. The lowest BCUT2D eigenvalue weighted by Gasteiger charge is -2.10. The van der Waals surface area contributed by atoms with Crippen LogP contribution in [0, 0.1) is 6.92 Å². The van der Waals surface area contributed by atoms with E-state index in [0.717, 1.165) is 46.2 Å². The molecule has 1 N–H and O–H groups in total.